The Morgan fingerprint density at radius 2 is 1.86 bits per heavy atom. The highest BCUT2D eigenvalue weighted by Gasteiger charge is 2.58. The number of hydrogen-bond acceptors (Lipinski definition) is 7. The van der Waals surface area contributed by atoms with Crippen LogP contribution >= 0.6 is 0 Å². The number of likely N-dealkylation sites (tertiary alicyclic amines) is 1. The Balaban J connectivity index is 1.21. The molecule has 37 heavy (non-hydrogen) atoms. The lowest BCUT2D eigenvalue weighted by atomic mass is 9.94. The molecule has 2 aliphatic carbocycles. The standard InChI is InChI=1S/C29H35N5O3/c1-18-11-20(21-4-6-24(31-2)22(12-21)13-30)3-5-23(18)25-32-29(9-10-29)27(37)34(25)16-19-14-33(15-19)26(36)28(17-35)7-8-28/h3-6,11-13,19,27,30-31,35,37H,7-10,14-17H2,1-2H3. The van der Waals surface area contributed by atoms with Crippen molar-refractivity contribution in [2.75, 3.05) is 38.6 Å². The smallest absolute Gasteiger partial charge is 0.231 e. The van der Waals surface area contributed by atoms with Gasteiger partial charge in [-0.3, -0.25) is 9.79 Å². The van der Waals surface area contributed by atoms with Crippen LogP contribution in [0.3, 0.4) is 0 Å². The zero-order chi connectivity index (χ0) is 25.9. The molecule has 8 nitrogen and oxygen atoms in total. The number of aliphatic hydroxyl groups excluding tert-OH is 2. The third-order valence-corrected chi connectivity index (χ3v) is 8.72. The number of aryl methyl sites for hydroxylation is 1. The first-order valence-electron chi connectivity index (χ1n) is 13.2. The molecule has 1 amide bonds. The van der Waals surface area contributed by atoms with Gasteiger partial charge >= 0.3 is 0 Å². The molecule has 2 aromatic rings. The summed E-state index contributed by atoms with van der Waals surface area (Å²) in [5.74, 6) is 1.21. The number of amides is 1. The van der Waals surface area contributed by atoms with E-state index in [0.29, 0.717) is 19.6 Å². The first kappa shape index (κ1) is 24.1. The van der Waals surface area contributed by atoms with Crippen LogP contribution in [0.1, 0.15) is 42.4 Å². The fourth-order valence-electron chi connectivity index (χ4n) is 5.88. The van der Waals surface area contributed by atoms with E-state index >= 15 is 0 Å². The maximum Gasteiger partial charge on any atom is 0.231 e. The Kier molecular flexibility index (Phi) is 5.65. The molecule has 4 N–H and O–H groups in total. The maximum absolute atomic E-state index is 12.7. The molecule has 6 rings (SSSR count). The van der Waals surface area contributed by atoms with E-state index in [2.05, 4.69) is 41.4 Å². The van der Waals surface area contributed by atoms with Gasteiger partial charge in [-0.1, -0.05) is 24.3 Å². The molecule has 0 aromatic heterocycles. The zero-order valence-corrected chi connectivity index (χ0v) is 21.5. The molecule has 3 fully saturated rings. The van der Waals surface area contributed by atoms with Crippen LogP contribution in [0, 0.1) is 23.7 Å². The highest BCUT2D eigenvalue weighted by atomic mass is 16.3. The second-order valence-corrected chi connectivity index (χ2v) is 11.3. The monoisotopic (exact) mass is 501 g/mol. The maximum atomic E-state index is 12.7. The SMILES string of the molecule is CNc1ccc(-c2ccc(C3=NC4(CC4)C(O)N3CC3CN(C(=O)C4(CO)CC4)C3)c(C)c2)cc1C=N. The van der Waals surface area contributed by atoms with E-state index < -0.39 is 17.2 Å². The number of amidine groups is 1. The van der Waals surface area contributed by atoms with Gasteiger partial charge in [0.25, 0.3) is 0 Å². The van der Waals surface area contributed by atoms with Gasteiger partial charge in [0.1, 0.15) is 11.4 Å². The third kappa shape index (κ3) is 3.94. The molecule has 194 valence electrons. The average molecular weight is 502 g/mol. The minimum atomic E-state index is -0.636. The third-order valence-electron chi connectivity index (χ3n) is 8.72. The molecule has 1 spiro atoms. The van der Waals surface area contributed by atoms with Crippen molar-refractivity contribution in [3.8, 4) is 11.1 Å². The van der Waals surface area contributed by atoms with Crippen LogP contribution in [0.15, 0.2) is 41.4 Å². The molecule has 8 heteroatoms. The number of hydrogen-bond donors (Lipinski definition) is 4. The summed E-state index contributed by atoms with van der Waals surface area (Å²) < 4.78 is 0. The van der Waals surface area contributed by atoms with Crippen LogP contribution < -0.4 is 5.32 Å². The first-order valence-corrected chi connectivity index (χ1v) is 13.2. The van der Waals surface area contributed by atoms with Gasteiger partial charge in [0.15, 0.2) is 6.23 Å². The fourth-order valence-corrected chi connectivity index (χ4v) is 5.88. The predicted molar refractivity (Wildman–Crippen MR) is 144 cm³/mol. The number of anilines is 1. The van der Waals surface area contributed by atoms with Crippen molar-refractivity contribution in [2.24, 2.45) is 16.3 Å². The van der Waals surface area contributed by atoms with Crippen LogP contribution in [0.2, 0.25) is 0 Å². The van der Waals surface area contributed by atoms with Crippen LogP contribution in [0.5, 0.6) is 0 Å². The van der Waals surface area contributed by atoms with Crippen molar-refractivity contribution in [1.82, 2.24) is 9.80 Å². The van der Waals surface area contributed by atoms with E-state index in [1.807, 2.05) is 24.1 Å². The van der Waals surface area contributed by atoms with Crippen molar-refractivity contribution in [1.29, 1.82) is 5.41 Å². The fraction of sp³-hybridized carbons (Fsp3) is 0.483. The molecule has 1 atom stereocenters. The minimum absolute atomic E-state index is 0.0608. The van der Waals surface area contributed by atoms with Crippen LogP contribution in [-0.4, -0.2) is 83.0 Å². The van der Waals surface area contributed by atoms with Crippen molar-refractivity contribution in [3.05, 3.63) is 53.1 Å². The molecular formula is C29H35N5O3. The summed E-state index contributed by atoms with van der Waals surface area (Å²) in [6.07, 6.45) is 4.08. The van der Waals surface area contributed by atoms with Crippen LogP contribution in [0.25, 0.3) is 11.1 Å². The Morgan fingerprint density at radius 3 is 2.46 bits per heavy atom. The van der Waals surface area contributed by atoms with Crippen LogP contribution in [-0.2, 0) is 4.79 Å². The van der Waals surface area contributed by atoms with Gasteiger partial charge in [0.2, 0.25) is 5.91 Å². The normalized spacial score (nSPS) is 23.0. The van der Waals surface area contributed by atoms with Crippen molar-refractivity contribution in [2.45, 2.75) is 44.4 Å². The Hall–Kier alpha value is -3.23. The summed E-state index contributed by atoms with van der Waals surface area (Å²) in [5, 5.41) is 31.7. The van der Waals surface area contributed by atoms with Gasteiger partial charge in [-0.25, -0.2) is 0 Å². The van der Waals surface area contributed by atoms with Gasteiger partial charge in [0.05, 0.1) is 12.0 Å². The van der Waals surface area contributed by atoms with E-state index in [4.69, 9.17) is 10.4 Å². The topological polar surface area (TPSA) is 112 Å². The largest absolute Gasteiger partial charge is 0.395 e. The minimum Gasteiger partial charge on any atom is -0.395 e. The molecule has 1 unspecified atom stereocenters. The van der Waals surface area contributed by atoms with Crippen molar-refractivity contribution >= 4 is 23.6 Å². The zero-order valence-electron chi connectivity index (χ0n) is 21.5. The number of aliphatic imine (C=N–C) groups is 1. The molecule has 4 aliphatic rings. The Bertz CT molecular complexity index is 1290. The molecule has 2 aromatic carbocycles. The summed E-state index contributed by atoms with van der Waals surface area (Å²) in [6.45, 7) is 4.01. The van der Waals surface area contributed by atoms with E-state index in [1.54, 1.807) is 0 Å². The lowest BCUT2D eigenvalue weighted by Gasteiger charge is -2.43. The highest BCUT2D eigenvalue weighted by Crippen LogP contribution is 2.50. The van der Waals surface area contributed by atoms with E-state index in [1.165, 1.54) is 6.21 Å². The average Bonchev–Trinajstić information content (AvgIpc) is 3.81. The molecule has 0 bridgehead atoms. The van der Waals surface area contributed by atoms with Gasteiger partial charge in [0, 0.05) is 55.6 Å². The predicted octanol–water partition coefficient (Wildman–Crippen LogP) is 2.85. The summed E-state index contributed by atoms with van der Waals surface area (Å²) in [7, 11) is 1.85. The van der Waals surface area contributed by atoms with E-state index in [-0.39, 0.29) is 18.4 Å². The summed E-state index contributed by atoms with van der Waals surface area (Å²) >= 11 is 0. The highest BCUT2D eigenvalue weighted by molar-refractivity contribution is 6.02. The Labute approximate surface area is 217 Å². The van der Waals surface area contributed by atoms with Gasteiger partial charge in [-0.2, -0.15) is 0 Å². The number of aliphatic hydroxyl groups is 2. The lowest BCUT2D eigenvalue weighted by molar-refractivity contribution is -0.145. The van der Waals surface area contributed by atoms with Crippen molar-refractivity contribution in [3.63, 3.8) is 0 Å². The summed E-state index contributed by atoms with van der Waals surface area (Å²) in [4.78, 5) is 21.7. The summed E-state index contributed by atoms with van der Waals surface area (Å²) in [5.41, 5.74) is 5.08. The molecule has 1 saturated heterocycles. The number of nitrogens with one attached hydrogen (secondary N) is 2. The van der Waals surface area contributed by atoms with E-state index in [0.717, 1.165) is 65.0 Å². The second kappa shape index (κ2) is 8.67. The Morgan fingerprint density at radius 1 is 1.16 bits per heavy atom. The van der Waals surface area contributed by atoms with Gasteiger partial charge in [-0.15, -0.1) is 0 Å². The van der Waals surface area contributed by atoms with Crippen LogP contribution in [0.4, 0.5) is 5.69 Å². The molecular weight excluding hydrogens is 466 g/mol. The quantitative estimate of drug-likeness (QED) is 0.416. The molecule has 0 radical (unpaired) electrons. The lowest BCUT2D eigenvalue weighted by Crippen LogP contribution is -2.57. The molecule has 2 heterocycles. The van der Waals surface area contributed by atoms with Gasteiger partial charge < -0.3 is 30.7 Å². The number of nitrogens with zero attached hydrogens (tertiary/aromatic N) is 3. The molecule has 2 saturated carbocycles. The number of benzene rings is 2. The first-order chi connectivity index (χ1) is 17.8. The second-order valence-electron chi connectivity index (χ2n) is 11.3. The summed E-state index contributed by atoms with van der Waals surface area (Å²) in [6, 6.07) is 12.4. The van der Waals surface area contributed by atoms with E-state index in [9.17, 15) is 15.0 Å². The van der Waals surface area contributed by atoms with Gasteiger partial charge in [-0.05, 0) is 61.4 Å². The number of rotatable bonds is 8. The molecule has 2 aliphatic heterocycles. The number of carbonyl (C=O) groups is 1. The number of carbonyl (C=O) groups excluding carboxylic acids is 1. The van der Waals surface area contributed by atoms with Crippen molar-refractivity contribution < 1.29 is 15.0 Å².